The highest BCUT2D eigenvalue weighted by Crippen LogP contribution is 2.30. The van der Waals surface area contributed by atoms with Crippen LogP contribution in [0.15, 0.2) is 30.3 Å². The molecule has 1 saturated carbocycles. The van der Waals surface area contributed by atoms with Gasteiger partial charge in [0.2, 0.25) is 5.91 Å². The van der Waals surface area contributed by atoms with Crippen LogP contribution < -0.4 is 5.73 Å². The van der Waals surface area contributed by atoms with Gasteiger partial charge in [0.1, 0.15) is 0 Å². The molecule has 1 aliphatic carbocycles. The van der Waals surface area contributed by atoms with Gasteiger partial charge in [0.05, 0.1) is 0 Å². The maximum Gasteiger partial charge on any atom is 0.224 e. The Bertz CT molecular complexity index is 410. The van der Waals surface area contributed by atoms with Crippen LogP contribution in [0.25, 0.3) is 0 Å². The maximum atomic E-state index is 12.4. The van der Waals surface area contributed by atoms with E-state index in [1.807, 2.05) is 30.0 Å². The molecule has 1 aromatic carbocycles. The monoisotopic (exact) mass is 260 g/mol. The van der Waals surface area contributed by atoms with E-state index in [1.54, 1.807) is 0 Å². The van der Waals surface area contributed by atoms with Crippen LogP contribution in [-0.2, 0) is 11.3 Å². The molecule has 0 aliphatic heterocycles. The molecule has 0 spiro atoms. The highest BCUT2D eigenvalue weighted by Gasteiger charge is 2.32. The van der Waals surface area contributed by atoms with Crippen molar-refractivity contribution in [3.8, 4) is 0 Å². The van der Waals surface area contributed by atoms with E-state index in [-0.39, 0.29) is 11.4 Å². The Morgan fingerprint density at radius 2 is 1.89 bits per heavy atom. The predicted molar refractivity (Wildman–Crippen MR) is 77.5 cm³/mol. The van der Waals surface area contributed by atoms with E-state index >= 15 is 0 Å². The summed E-state index contributed by atoms with van der Waals surface area (Å²) in [6, 6.07) is 10.1. The van der Waals surface area contributed by atoms with E-state index in [1.165, 1.54) is 5.56 Å². The van der Waals surface area contributed by atoms with Gasteiger partial charge in [-0.25, -0.2) is 0 Å². The van der Waals surface area contributed by atoms with E-state index in [0.29, 0.717) is 13.0 Å². The Morgan fingerprint density at radius 3 is 2.47 bits per heavy atom. The average molecular weight is 260 g/mol. The third-order valence-corrected chi connectivity index (χ3v) is 4.05. The summed E-state index contributed by atoms with van der Waals surface area (Å²) in [5.74, 6) is 0.191. The summed E-state index contributed by atoms with van der Waals surface area (Å²) >= 11 is 0. The van der Waals surface area contributed by atoms with Crippen molar-refractivity contribution in [3.05, 3.63) is 35.9 Å². The molecule has 1 aromatic rings. The zero-order valence-electron chi connectivity index (χ0n) is 11.8. The van der Waals surface area contributed by atoms with Crippen molar-refractivity contribution < 1.29 is 4.79 Å². The molecular weight excluding hydrogens is 236 g/mol. The SMILES string of the molecule is CCN(Cc1ccccc1)C(=O)CC1(N)CCCC1. The number of carbonyl (C=O) groups is 1. The molecule has 0 aromatic heterocycles. The molecule has 1 amide bonds. The molecule has 0 saturated heterocycles. The van der Waals surface area contributed by atoms with Gasteiger partial charge in [-0.3, -0.25) is 4.79 Å². The first-order valence-corrected chi connectivity index (χ1v) is 7.23. The fourth-order valence-electron chi connectivity index (χ4n) is 2.85. The van der Waals surface area contributed by atoms with Crippen molar-refractivity contribution >= 4 is 5.91 Å². The lowest BCUT2D eigenvalue weighted by Gasteiger charge is -2.28. The molecule has 0 heterocycles. The lowest BCUT2D eigenvalue weighted by Crippen LogP contribution is -2.43. The van der Waals surface area contributed by atoms with E-state index in [2.05, 4.69) is 12.1 Å². The van der Waals surface area contributed by atoms with Gasteiger partial charge in [-0.15, -0.1) is 0 Å². The minimum absolute atomic E-state index is 0.191. The number of hydrogen-bond donors (Lipinski definition) is 1. The molecule has 1 fully saturated rings. The lowest BCUT2D eigenvalue weighted by atomic mass is 9.94. The fourth-order valence-corrected chi connectivity index (χ4v) is 2.85. The van der Waals surface area contributed by atoms with Crippen LogP contribution in [0.3, 0.4) is 0 Å². The average Bonchev–Trinajstić information content (AvgIpc) is 2.83. The topological polar surface area (TPSA) is 46.3 Å². The normalized spacial score (nSPS) is 17.4. The number of nitrogens with two attached hydrogens (primary N) is 1. The Morgan fingerprint density at radius 1 is 1.26 bits per heavy atom. The predicted octanol–water partition coefficient (Wildman–Crippen LogP) is 2.70. The van der Waals surface area contributed by atoms with Crippen LogP contribution >= 0.6 is 0 Å². The van der Waals surface area contributed by atoms with Gasteiger partial charge in [0, 0.05) is 25.0 Å². The standard InChI is InChI=1S/C16H24N2O/c1-2-18(13-14-8-4-3-5-9-14)15(19)12-16(17)10-6-7-11-16/h3-5,8-9H,2,6-7,10-13,17H2,1H3. The third kappa shape index (κ3) is 3.80. The number of carbonyl (C=O) groups excluding carboxylic acids is 1. The van der Waals surface area contributed by atoms with Crippen molar-refractivity contribution in [3.63, 3.8) is 0 Å². The van der Waals surface area contributed by atoms with Gasteiger partial charge in [-0.1, -0.05) is 43.2 Å². The van der Waals surface area contributed by atoms with Gasteiger partial charge >= 0.3 is 0 Å². The van der Waals surface area contributed by atoms with Crippen LogP contribution in [0.4, 0.5) is 0 Å². The van der Waals surface area contributed by atoms with Crippen LogP contribution in [0.5, 0.6) is 0 Å². The quantitative estimate of drug-likeness (QED) is 0.884. The van der Waals surface area contributed by atoms with Gasteiger partial charge in [-0.2, -0.15) is 0 Å². The second kappa shape index (κ2) is 6.20. The van der Waals surface area contributed by atoms with Crippen LogP contribution in [0.2, 0.25) is 0 Å². The summed E-state index contributed by atoms with van der Waals surface area (Å²) in [7, 11) is 0. The second-order valence-electron chi connectivity index (χ2n) is 5.64. The number of nitrogens with zero attached hydrogens (tertiary/aromatic N) is 1. The van der Waals surface area contributed by atoms with E-state index < -0.39 is 0 Å². The van der Waals surface area contributed by atoms with Crippen LogP contribution in [0.1, 0.15) is 44.6 Å². The zero-order valence-corrected chi connectivity index (χ0v) is 11.8. The summed E-state index contributed by atoms with van der Waals surface area (Å²) in [6.45, 7) is 3.45. The fraction of sp³-hybridized carbons (Fsp3) is 0.562. The Hall–Kier alpha value is -1.35. The largest absolute Gasteiger partial charge is 0.339 e. The van der Waals surface area contributed by atoms with Gasteiger partial charge in [0.15, 0.2) is 0 Å². The maximum absolute atomic E-state index is 12.4. The third-order valence-electron chi connectivity index (χ3n) is 4.05. The molecule has 1 aliphatic rings. The summed E-state index contributed by atoms with van der Waals surface area (Å²) in [5.41, 5.74) is 7.23. The van der Waals surface area contributed by atoms with Crippen molar-refractivity contribution in [2.45, 2.75) is 51.1 Å². The number of amides is 1. The van der Waals surface area contributed by atoms with E-state index in [4.69, 9.17) is 5.73 Å². The van der Waals surface area contributed by atoms with E-state index in [9.17, 15) is 4.79 Å². The number of benzene rings is 1. The molecule has 0 radical (unpaired) electrons. The number of hydrogen-bond acceptors (Lipinski definition) is 2. The Kier molecular flexibility index (Phi) is 4.59. The van der Waals surface area contributed by atoms with Gasteiger partial charge in [-0.05, 0) is 25.3 Å². The minimum Gasteiger partial charge on any atom is -0.339 e. The molecular formula is C16H24N2O. The second-order valence-corrected chi connectivity index (χ2v) is 5.64. The van der Waals surface area contributed by atoms with Crippen molar-refractivity contribution in [1.29, 1.82) is 0 Å². The highest BCUT2D eigenvalue weighted by atomic mass is 16.2. The highest BCUT2D eigenvalue weighted by molar-refractivity contribution is 5.77. The van der Waals surface area contributed by atoms with E-state index in [0.717, 1.165) is 32.2 Å². The Labute approximate surface area is 115 Å². The van der Waals surface area contributed by atoms with Crippen LogP contribution in [0, 0.1) is 0 Å². The number of rotatable bonds is 5. The molecule has 0 bridgehead atoms. The smallest absolute Gasteiger partial charge is 0.224 e. The van der Waals surface area contributed by atoms with Crippen molar-refractivity contribution in [1.82, 2.24) is 4.90 Å². The first-order chi connectivity index (χ1) is 9.13. The first-order valence-electron chi connectivity index (χ1n) is 7.23. The lowest BCUT2D eigenvalue weighted by molar-refractivity contribution is -0.132. The molecule has 3 nitrogen and oxygen atoms in total. The minimum atomic E-state index is -0.249. The molecule has 0 unspecified atom stereocenters. The zero-order chi connectivity index (χ0) is 13.7. The molecule has 2 N–H and O–H groups in total. The molecule has 19 heavy (non-hydrogen) atoms. The van der Waals surface area contributed by atoms with Crippen LogP contribution in [-0.4, -0.2) is 22.9 Å². The molecule has 3 heteroatoms. The van der Waals surface area contributed by atoms with Gasteiger partial charge < -0.3 is 10.6 Å². The molecule has 2 rings (SSSR count). The molecule has 104 valence electrons. The van der Waals surface area contributed by atoms with Gasteiger partial charge in [0.25, 0.3) is 0 Å². The van der Waals surface area contributed by atoms with Crippen molar-refractivity contribution in [2.24, 2.45) is 5.73 Å². The summed E-state index contributed by atoms with van der Waals surface area (Å²) in [5, 5.41) is 0. The summed E-state index contributed by atoms with van der Waals surface area (Å²) in [6.07, 6.45) is 4.79. The summed E-state index contributed by atoms with van der Waals surface area (Å²) < 4.78 is 0. The molecule has 0 atom stereocenters. The summed E-state index contributed by atoms with van der Waals surface area (Å²) in [4.78, 5) is 14.3. The Balaban J connectivity index is 1.95. The van der Waals surface area contributed by atoms with Crippen molar-refractivity contribution in [2.75, 3.05) is 6.54 Å². The first kappa shape index (κ1) is 14.1.